The third kappa shape index (κ3) is 9.02. The monoisotopic (exact) mass is 628 g/mol. The maximum absolute atomic E-state index is 10.7. The normalized spacial score (nSPS) is 21.9. The fraction of sp³-hybridized carbons (Fsp3) is 0.268. The van der Waals surface area contributed by atoms with E-state index in [9.17, 15) is 5.11 Å². The molecule has 5 aromatic carbocycles. The van der Waals surface area contributed by atoms with Crippen molar-refractivity contribution in [2.75, 3.05) is 13.2 Å². The van der Waals surface area contributed by atoms with Crippen LogP contribution in [0.2, 0.25) is 0 Å². The van der Waals surface area contributed by atoms with Crippen molar-refractivity contribution in [2.45, 2.75) is 56.3 Å². The van der Waals surface area contributed by atoms with Gasteiger partial charge in [0.2, 0.25) is 0 Å². The molecule has 6 atom stereocenters. The molecule has 0 spiro atoms. The molecule has 3 N–H and O–H groups in total. The Labute approximate surface area is 278 Å². The first-order valence-electron chi connectivity index (χ1n) is 16.5. The van der Waals surface area contributed by atoms with E-state index in [1.54, 1.807) is 0 Å². The zero-order valence-electron chi connectivity index (χ0n) is 26.6. The first-order valence-corrected chi connectivity index (χ1v) is 16.5. The lowest BCUT2D eigenvalue weighted by atomic mass is 9.91. The van der Waals surface area contributed by atoms with E-state index in [1.165, 1.54) is 0 Å². The lowest BCUT2D eigenvalue weighted by molar-refractivity contribution is -0.153. The summed E-state index contributed by atoms with van der Waals surface area (Å²) in [5.74, 6) is 0. The lowest BCUT2D eigenvalue weighted by Gasteiger charge is -2.39. The topological polar surface area (TPSA) is 72.0 Å². The summed E-state index contributed by atoms with van der Waals surface area (Å²) in [4.78, 5) is 0. The molecule has 6 heteroatoms. The Kier molecular flexibility index (Phi) is 12.0. The van der Waals surface area contributed by atoms with Gasteiger partial charge in [-0.3, -0.25) is 0 Å². The van der Waals surface area contributed by atoms with E-state index in [1.807, 2.05) is 91.0 Å². The minimum Gasteiger partial charge on any atom is -0.394 e. The molecule has 0 aromatic heterocycles. The van der Waals surface area contributed by atoms with Crippen molar-refractivity contribution in [2.24, 2.45) is 0 Å². The van der Waals surface area contributed by atoms with Crippen LogP contribution in [0.3, 0.4) is 0 Å². The molecule has 242 valence electrons. The quantitative estimate of drug-likeness (QED) is 0.126. The van der Waals surface area contributed by atoms with Crippen LogP contribution in [0.4, 0.5) is 0 Å². The summed E-state index contributed by atoms with van der Waals surface area (Å²) in [6.07, 6.45) is -1.24. The molecular weight excluding hydrogens is 584 g/mol. The minimum absolute atomic E-state index is 0.0725. The molecular formula is C41H44N2O4. The molecule has 1 fully saturated rings. The van der Waals surface area contributed by atoms with Gasteiger partial charge in [0.25, 0.3) is 0 Å². The largest absolute Gasteiger partial charge is 0.394 e. The van der Waals surface area contributed by atoms with Crippen molar-refractivity contribution in [1.29, 1.82) is 0 Å². The van der Waals surface area contributed by atoms with E-state index < -0.39 is 12.2 Å². The molecule has 0 unspecified atom stereocenters. The maximum atomic E-state index is 10.7. The highest BCUT2D eigenvalue weighted by molar-refractivity contribution is 5.25. The number of hydrogen-bond donors (Lipinski definition) is 3. The van der Waals surface area contributed by atoms with Crippen molar-refractivity contribution < 1.29 is 19.3 Å². The van der Waals surface area contributed by atoms with Crippen LogP contribution in [0, 0.1) is 0 Å². The predicted molar refractivity (Wildman–Crippen MR) is 185 cm³/mol. The van der Waals surface area contributed by atoms with Crippen LogP contribution in [0.15, 0.2) is 152 Å². The third-order valence-corrected chi connectivity index (χ3v) is 8.76. The Balaban J connectivity index is 1.40. The second-order valence-corrected chi connectivity index (χ2v) is 12.0. The zero-order valence-corrected chi connectivity index (χ0v) is 26.6. The Hall–Kier alpha value is -4.14. The highest BCUT2D eigenvalue weighted by Crippen LogP contribution is 2.32. The fourth-order valence-corrected chi connectivity index (χ4v) is 6.31. The number of rotatable bonds is 14. The highest BCUT2D eigenvalue weighted by atomic mass is 16.6. The standard InChI is InChI=1S/C41H44N2O4/c44-27-36(34-22-12-4-13-23-34)43-39-38(35-24-14-5-15-25-35)42-26-37(45-28-31-16-6-1-7-17-31)40(46-29-32-18-8-2-9-19-32)41(39)47-30-33-20-10-3-11-21-33/h1-25,36-44H,26-30H2/t36-,37+,38+,39+,40-,41-/m0/s1. The van der Waals surface area contributed by atoms with Crippen LogP contribution in [0.5, 0.6) is 0 Å². The SMILES string of the molecule is OC[C@H](N[C@H]1[C@H](OCc2ccccc2)[C@@H](OCc2ccccc2)[C@H](OCc2ccccc2)CN[C@@H]1c1ccccc1)c1ccccc1. The Morgan fingerprint density at radius 1 is 0.574 bits per heavy atom. The van der Waals surface area contributed by atoms with Gasteiger partial charge in [-0.15, -0.1) is 0 Å². The maximum Gasteiger partial charge on any atom is 0.113 e. The first kappa shape index (κ1) is 32.8. The summed E-state index contributed by atoms with van der Waals surface area (Å²) in [7, 11) is 0. The summed E-state index contributed by atoms with van der Waals surface area (Å²) in [6.45, 7) is 1.73. The Morgan fingerprint density at radius 2 is 1.02 bits per heavy atom. The summed E-state index contributed by atoms with van der Waals surface area (Å²) in [5.41, 5.74) is 5.37. The molecule has 5 aromatic rings. The molecule has 1 heterocycles. The molecule has 1 aliphatic rings. The molecule has 0 saturated carbocycles. The summed E-state index contributed by atoms with van der Waals surface area (Å²) in [6, 6.07) is 50.4. The van der Waals surface area contributed by atoms with Gasteiger partial charge in [-0.05, 0) is 27.8 Å². The van der Waals surface area contributed by atoms with Gasteiger partial charge in [-0.1, -0.05) is 152 Å². The average Bonchev–Trinajstić information content (AvgIpc) is 3.29. The van der Waals surface area contributed by atoms with Crippen molar-refractivity contribution in [3.63, 3.8) is 0 Å². The zero-order chi connectivity index (χ0) is 32.1. The molecule has 1 aliphatic heterocycles. The van der Waals surface area contributed by atoms with Gasteiger partial charge >= 0.3 is 0 Å². The van der Waals surface area contributed by atoms with Gasteiger partial charge < -0.3 is 30.0 Å². The fourth-order valence-electron chi connectivity index (χ4n) is 6.31. The second kappa shape index (κ2) is 17.1. The van der Waals surface area contributed by atoms with Crippen LogP contribution in [-0.2, 0) is 34.0 Å². The second-order valence-electron chi connectivity index (χ2n) is 12.0. The molecule has 0 aliphatic carbocycles. The lowest BCUT2D eigenvalue weighted by Crippen LogP contribution is -2.55. The van der Waals surface area contributed by atoms with Crippen molar-refractivity contribution >= 4 is 0 Å². The number of nitrogens with one attached hydrogen (secondary N) is 2. The van der Waals surface area contributed by atoms with Gasteiger partial charge in [0.05, 0.1) is 50.7 Å². The van der Waals surface area contributed by atoms with Gasteiger partial charge in [0.1, 0.15) is 12.2 Å². The van der Waals surface area contributed by atoms with Crippen molar-refractivity contribution in [3.05, 3.63) is 179 Å². The first-order chi connectivity index (χ1) is 23.3. The predicted octanol–water partition coefficient (Wildman–Crippen LogP) is 6.78. The number of aliphatic hydroxyl groups is 1. The van der Waals surface area contributed by atoms with Gasteiger partial charge in [0, 0.05) is 6.54 Å². The molecule has 1 saturated heterocycles. The van der Waals surface area contributed by atoms with Crippen molar-refractivity contribution in [1.82, 2.24) is 10.6 Å². The molecule has 6 nitrogen and oxygen atoms in total. The van der Waals surface area contributed by atoms with E-state index in [0.29, 0.717) is 26.4 Å². The molecule has 0 radical (unpaired) electrons. The van der Waals surface area contributed by atoms with E-state index >= 15 is 0 Å². The van der Waals surface area contributed by atoms with Crippen LogP contribution in [0.1, 0.15) is 39.9 Å². The molecule has 47 heavy (non-hydrogen) atoms. The average molecular weight is 629 g/mol. The Bertz CT molecular complexity index is 1580. The summed E-state index contributed by atoms with van der Waals surface area (Å²) >= 11 is 0. The van der Waals surface area contributed by atoms with Crippen molar-refractivity contribution in [3.8, 4) is 0 Å². The van der Waals surface area contributed by atoms with Crippen LogP contribution in [0.25, 0.3) is 0 Å². The third-order valence-electron chi connectivity index (χ3n) is 8.76. The number of ether oxygens (including phenoxy) is 3. The molecule has 0 amide bonds. The number of benzene rings is 5. The van der Waals surface area contributed by atoms with Crippen LogP contribution >= 0.6 is 0 Å². The number of aliphatic hydroxyl groups excluding tert-OH is 1. The summed E-state index contributed by atoms with van der Waals surface area (Å²) in [5, 5.41) is 18.4. The van der Waals surface area contributed by atoms with Crippen LogP contribution < -0.4 is 10.6 Å². The summed E-state index contributed by atoms with van der Waals surface area (Å²) < 4.78 is 20.6. The van der Waals surface area contributed by atoms with Gasteiger partial charge in [-0.25, -0.2) is 0 Å². The smallest absolute Gasteiger partial charge is 0.113 e. The van der Waals surface area contributed by atoms with Gasteiger partial charge in [0.15, 0.2) is 0 Å². The van der Waals surface area contributed by atoms with E-state index in [0.717, 1.165) is 27.8 Å². The highest BCUT2D eigenvalue weighted by Gasteiger charge is 2.45. The minimum atomic E-state index is -0.460. The Morgan fingerprint density at radius 3 is 1.53 bits per heavy atom. The van der Waals surface area contributed by atoms with Crippen LogP contribution in [-0.4, -0.2) is 42.6 Å². The van der Waals surface area contributed by atoms with E-state index in [-0.39, 0.29) is 30.8 Å². The van der Waals surface area contributed by atoms with E-state index in [4.69, 9.17) is 14.2 Å². The molecule has 6 rings (SSSR count). The van der Waals surface area contributed by atoms with Gasteiger partial charge in [-0.2, -0.15) is 0 Å². The number of hydrogen-bond acceptors (Lipinski definition) is 6. The molecule has 0 bridgehead atoms. The van der Waals surface area contributed by atoms with E-state index in [2.05, 4.69) is 71.3 Å².